The van der Waals surface area contributed by atoms with Crippen molar-refractivity contribution in [2.24, 2.45) is 0 Å². The quantitative estimate of drug-likeness (QED) is 0.198. The lowest BCUT2D eigenvalue weighted by molar-refractivity contribution is 0.744. The smallest absolute Gasteiger partial charge is 0.0883 e. The lowest BCUT2D eigenvalue weighted by Crippen LogP contribution is -2.20. The van der Waals surface area contributed by atoms with Crippen LogP contribution in [0.25, 0.3) is 20.1 Å². The highest BCUT2D eigenvalue weighted by Crippen LogP contribution is 2.37. The van der Waals surface area contributed by atoms with Crippen LogP contribution in [-0.2, 0) is 51.6 Å². The van der Waals surface area contributed by atoms with Gasteiger partial charge in [0.2, 0.25) is 0 Å². The van der Waals surface area contributed by atoms with Gasteiger partial charge < -0.3 is 19.1 Å². The third kappa shape index (κ3) is 4.87. The predicted molar refractivity (Wildman–Crippen MR) is 190 cm³/mol. The summed E-state index contributed by atoms with van der Waals surface area (Å²) in [5, 5.41) is 6.30. The van der Waals surface area contributed by atoms with E-state index in [0.717, 1.165) is 95.8 Å². The van der Waals surface area contributed by atoms with Gasteiger partial charge in [-0.1, -0.05) is 87.9 Å². The van der Waals surface area contributed by atoms with Crippen LogP contribution in [0.4, 0.5) is 0 Å². The van der Waals surface area contributed by atoms with Crippen molar-refractivity contribution in [1.29, 1.82) is 0 Å². The lowest BCUT2D eigenvalue weighted by atomic mass is 10.0. The Labute approximate surface area is 281 Å². The van der Waals surface area contributed by atoms with Crippen LogP contribution in [0, 0.1) is 0 Å². The first-order valence-electron chi connectivity index (χ1n) is 16.2. The van der Waals surface area contributed by atoms with Crippen molar-refractivity contribution < 1.29 is 0 Å². The Morgan fingerprint density at radius 1 is 0.432 bits per heavy atom. The van der Waals surface area contributed by atoms with E-state index >= 15 is 0 Å². The van der Waals surface area contributed by atoms with E-state index in [-0.39, 0.29) is 0 Å². The highest BCUT2D eigenvalue weighted by molar-refractivity contribution is 6.50. The number of H-pyrrole nitrogens is 2. The van der Waals surface area contributed by atoms with E-state index in [1.165, 1.54) is 33.4 Å². The molecule has 0 saturated heterocycles. The zero-order valence-electron chi connectivity index (χ0n) is 27.2. The van der Waals surface area contributed by atoms with Crippen molar-refractivity contribution >= 4 is 66.5 Å². The van der Waals surface area contributed by atoms with Crippen LogP contribution >= 0.6 is 46.4 Å². The zero-order valence-corrected chi connectivity index (χ0v) is 30.2. The first-order chi connectivity index (χ1) is 21.2. The Kier molecular flexibility index (Phi) is 9.97. The maximum absolute atomic E-state index is 7.57. The van der Waals surface area contributed by atoms with Gasteiger partial charge in [-0.3, -0.25) is 0 Å². The Balaban J connectivity index is 2.18. The average molecular weight is 675 g/mol. The number of nitrogens with one attached hydrogen (secondary N) is 2. The second-order valence-electron chi connectivity index (χ2n) is 11.3. The van der Waals surface area contributed by atoms with Gasteiger partial charge in [-0.25, -0.2) is 0 Å². The number of hydrogen-bond acceptors (Lipinski definition) is 0. The fourth-order valence-corrected chi connectivity index (χ4v) is 8.89. The van der Waals surface area contributed by atoms with Crippen LogP contribution in [0.15, 0.2) is 12.1 Å². The second-order valence-corrected chi connectivity index (χ2v) is 12.8. The molecule has 4 nitrogen and oxygen atoms in total. The van der Waals surface area contributed by atoms with E-state index in [2.05, 4.69) is 74.5 Å². The Morgan fingerprint density at radius 2 is 0.727 bits per heavy atom. The maximum Gasteiger partial charge on any atom is 0.0883 e. The molecule has 8 bridgehead atoms. The summed E-state index contributed by atoms with van der Waals surface area (Å²) >= 11 is 29.9. The van der Waals surface area contributed by atoms with Crippen LogP contribution < -0.4 is 21.4 Å². The lowest BCUT2D eigenvalue weighted by Gasteiger charge is -2.12. The standard InChI is InChI=1S/C36H44Cl4N4/c1-9-19-20(10-2)32-30(40)36-24(14-6)22(12-4)34(44(36)16-8)28(38)26-18-17-25(41-26)27(37)33-21(11-3)23(13-5)35(43(33)15-7)29(39)31(19)42-32/h17-18,41-42H,9-16H2,1-8H3. The third-order valence-corrected chi connectivity index (χ3v) is 10.9. The predicted octanol–water partition coefficient (Wildman–Crippen LogP) is 7.25. The molecule has 0 aromatic carbocycles. The van der Waals surface area contributed by atoms with Gasteiger partial charge in [0.05, 0.1) is 64.3 Å². The van der Waals surface area contributed by atoms with E-state index in [4.69, 9.17) is 46.4 Å². The minimum atomic E-state index is 0.668. The van der Waals surface area contributed by atoms with Crippen molar-refractivity contribution in [3.05, 3.63) is 89.7 Å². The van der Waals surface area contributed by atoms with Gasteiger partial charge >= 0.3 is 0 Å². The SMILES string of the molecule is CCc1c(CC)c2n(CC)c1C(Cl)=c1ccc([nH]1)=C(Cl)c1c(CC)c(CC)c(n1CC)C(Cl)=c1[nH]c(c(CC)c1CC)=C2Cl. The average Bonchev–Trinajstić information content (AvgIpc) is 3.81. The van der Waals surface area contributed by atoms with E-state index in [1.807, 2.05) is 12.1 Å². The molecule has 44 heavy (non-hydrogen) atoms. The molecule has 8 heteroatoms. The molecule has 4 aromatic rings. The van der Waals surface area contributed by atoms with Crippen molar-refractivity contribution in [3.8, 4) is 0 Å². The molecule has 0 amide bonds. The summed E-state index contributed by atoms with van der Waals surface area (Å²) in [6, 6.07) is 4.07. The largest absolute Gasteiger partial charge is 0.353 e. The molecule has 1 aliphatic heterocycles. The molecule has 0 spiro atoms. The molecular weight excluding hydrogens is 630 g/mol. The topological polar surface area (TPSA) is 41.4 Å². The van der Waals surface area contributed by atoms with Gasteiger partial charge in [0.1, 0.15) is 0 Å². The minimum absolute atomic E-state index is 0.668. The van der Waals surface area contributed by atoms with Crippen LogP contribution in [0.2, 0.25) is 0 Å². The van der Waals surface area contributed by atoms with Gasteiger partial charge in [-0.15, -0.1) is 0 Å². The summed E-state index contributed by atoms with van der Waals surface area (Å²) in [6.45, 7) is 18.9. The van der Waals surface area contributed by atoms with Crippen LogP contribution in [0.1, 0.15) is 112 Å². The van der Waals surface area contributed by atoms with Gasteiger partial charge in [0.25, 0.3) is 0 Å². The third-order valence-electron chi connectivity index (χ3n) is 9.35. The molecule has 0 radical (unpaired) electrons. The van der Waals surface area contributed by atoms with Gasteiger partial charge in [-0.05, 0) is 97.9 Å². The fraction of sp³-hybridized carbons (Fsp3) is 0.444. The molecule has 0 saturated carbocycles. The van der Waals surface area contributed by atoms with Crippen molar-refractivity contribution in [2.45, 2.75) is 107 Å². The molecule has 5 rings (SSSR count). The maximum atomic E-state index is 7.57. The summed E-state index contributed by atoms with van der Waals surface area (Å²) in [4.78, 5) is 7.37. The number of hydrogen-bond donors (Lipinski definition) is 2. The number of aromatic nitrogens is 4. The van der Waals surface area contributed by atoms with E-state index < -0.39 is 0 Å². The highest BCUT2D eigenvalue weighted by atomic mass is 35.5. The second kappa shape index (κ2) is 13.2. The van der Waals surface area contributed by atoms with Crippen LogP contribution in [-0.4, -0.2) is 19.1 Å². The Bertz CT molecular complexity index is 1860. The number of nitrogens with zero attached hydrogens (tertiary/aromatic N) is 2. The fourth-order valence-electron chi connectivity index (χ4n) is 7.48. The monoisotopic (exact) mass is 672 g/mol. The summed E-state index contributed by atoms with van der Waals surface area (Å²) < 4.78 is 4.57. The first-order valence-corrected chi connectivity index (χ1v) is 17.7. The Morgan fingerprint density at radius 3 is 1.00 bits per heavy atom. The van der Waals surface area contributed by atoms with E-state index in [1.54, 1.807) is 0 Å². The van der Waals surface area contributed by atoms with E-state index in [0.29, 0.717) is 20.1 Å². The molecular formula is C36H44Cl4N4. The first kappa shape index (κ1) is 33.1. The molecule has 0 fully saturated rings. The minimum Gasteiger partial charge on any atom is -0.353 e. The summed E-state index contributed by atoms with van der Waals surface area (Å²) in [7, 11) is 0. The van der Waals surface area contributed by atoms with Gasteiger partial charge in [0, 0.05) is 13.1 Å². The van der Waals surface area contributed by atoms with Crippen molar-refractivity contribution in [1.82, 2.24) is 19.1 Å². The zero-order chi connectivity index (χ0) is 32.0. The molecule has 5 heterocycles. The van der Waals surface area contributed by atoms with Crippen LogP contribution in [0.5, 0.6) is 0 Å². The number of fused-ring (bicyclic) bond motifs is 8. The number of aromatic amines is 2. The molecule has 0 atom stereocenters. The van der Waals surface area contributed by atoms with Crippen molar-refractivity contribution in [2.75, 3.05) is 0 Å². The van der Waals surface area contributed by atoms with Gasteiger partial charge in [-0.2, -0.15) is 0 Å². The molecule has 1 aliphatic rings. The number of rotatable bonds is 8. The van der Waals surface area contributed by atoms with Gasteiger partial charge in [0.15, 0.2) is 0 Å². The summed E-state index contributed by atoms with van der Waals surface area (Å²) in [5.74, 6) is 0. The molecule has 236 valence electrons. The van der Waals surface area contributed by atoms with Crippen LogP contribution in [0.3, 0.4) is 0 Å². The molecule has 0 unspecified atom stereocenters. The highest BCUT2D eigenvalue weighted by Gasteiger charge is 2.28. The molecule has 4 aromatic heterocycles. The molecule has 0 aliphatic carbocycles. The van der Waals surface area contributed by atoms with Crippen molar-refractivity contribution in [3.63, 3.8) is 0 Å². The number of halogens is 4. The summed E-state index contributed by atoms with van der Waals surface area (Å²) in [5.41, 5.74) is 11.4. The normalized spacial score (nSPS) is 13.5. The Hall–Kier alpha value is -2.24. The molecule has 2 N–H and O–H groups in total. The summed E-state index contributed by atoms with van der Waals surface area (Å²) in [6.07, 6.45) is 5.00. The van der Waals surface area contributed by atoms with E-state index in [9.17, 15) is 0 Å².